The standard InChI is InChI=1S/C14H5Cl2F2NO2/c15-6-4-5-7(16)12-10(6)14(20)21-13(19-12)11-8(17)2-1-3-9(11)18/h1-5H. The molecule has 21 heavy (non-hydrogen) atoms. The van der Waals surface area contributed by atoms with Gasteiger partial charge in [-0.15, -0.1) is 0 Å². The van der Waals surface area contributed by atoms with Gasteiger partial charge in [-0.25, -0.2) is 18.6 Å². The number of hydrogen-bond acceptors (Lipinski definition) is 3. The molecule has 0 saturated carbocycles. The van der Waals surface area contributed by atoms with E-state index >= 15 is 0 Å². The van der Waals surface area contributed by atoms with Crippen LogP contribution in [0, 0.1) is 11.6 Å². The van der Waals surface area contributed by atoms with E-state index in [2.05, 4.69) is 4.98 Å². The summed E-state index contributed by atoms with van der Waals surface area (Å²) in [5.41, 5.74) is -1.38. The van der Waals surface area contributed by atoms with Crippen molar-refractivity contribution in [3.63, 3.8) is 0 Å². The highest BCUT2D eigenvalue weighted by Gasteiger charge is 2.19. The van der Waals surface area contributed by atoms with Crippen molar-refractivity contribution in [2.45, 2.75) is 0 Å². The van der Waals surface area contributed by atoms with Crippen LogP contribution in [-0.2, 0) is 0 Å². The first-order valence-corrected chi connectivity index (χ1v) is 6.48. The van der Waals surface area contributed by atoms with E-state index < -0.39 is 28.7 Å². The molecule has 3 rings (SSSR count). The zero-order valence-electron chi connectivity index (χ0n) is 10.2. The summed E-state index contributed by atoms with van der Waals surface area (Å²) < 4.78 is 32.4. The zero-order chi connectivity index (χ0) is 15.1. The van der Waals surface area contributed by atoms with E-state index in [0.29, 0.717) is 0 Å². The van der Waals surface area contributed by atoms with Gasteiger partial charge in [0.25, 0.3) is 0 Å². The Morgan fingerprint density at radius 1 is 1.00 bits per heavy atom. The van der Waals surface area contributed by atoms with Crippen LogP contribution in [0.1, 0.15) is 0 Å². The number of aromatic nitrogens is 1. The summed E-state index contributed by atoms with van der Waals surface area (Å²) >= 11 is 11.8. The van der Waals surface area contributed by atoms with E-state index in [4.69, 9.17) is 27.6 Å². The molecule has 0 unspecified atom stereocenters. The largest absolute Gasteiger partial charge is 0.403 e. The number of fused-ring (bicyclic) bond motifs is 1. The molecule has 0 aliphatic rings. The second-order valence-electron chi connectivity index (χ2n) is 4.16. The van der Waals surface area contributed by atoms with Gasteiger partial charge in [-0.3, -0.25) is 0 Å². The van der Waals surface area contributed by atoms with Gasteiger partial charge in [0, 0.05) is 0 Å². The van der Waals surface area contributed by atoms with Crippen LogP contribution in [0.15, 0.2) is 39.5 Å². The third kappa shape index (κ3) is 2.28. The molecule has 0 fully saturated rings. The quantitative estimate of drug-likeness (QED) is 0.663. The number of rotatable bonds is 1. The Balaban J connectivity index is 2.42. The lowest BCUT2D eigenvalue weighted by Gasteiger charge is -2.05. The Kier molecular flexibility index (Phi) is 3.39. The molecule has 0 aliphatic carbocycles. The third-order valence-corrected chi connectivity index (χ3v) is 3.48. The van der Waals surface area contributed by atoms with Gasteiger partial charge in [0.05, 0.1) is 10.0 Å². The molecule has 0 aliphatic heterocycles. The van der Waals surface area contributed by atoms with Crippen LogP contribution in [0.5, 0.6) is 0 Å². The summed E-state index contributed by atoms with van der Waals surface area (Å²) in [6, 6.07) is 6.10. The van der Waals surface area contributed by atoms with Crippen molar-refractivity contribution in [2.75, 3.05) is 0 Å². The van der Waals surface area contributed by atoms with E-state index in [9.17, 15) is 13.6 Å². The topological polar surface area (TPSA) is 43.1 Å². The Labute approximate surface area is 126 Å². The number of hydrogen-bond donors (Lipinski definition) is 0. The smallest absolute Gasteiger partial charge is 0.348 e. The van der Waals surface area contributed by atoms with Crippen LogP contribution < -0.4 is 5.63 Å². The molecule has 1 aromatic heterocycles. The van der Waals surface area contributed by atoms with Crippen molar-refractivity contribution >= 4 is 34.1 Å². The van der Waals surface area contributed by atoms with Gasteiger partial charge in [0.1, 0.15) is 28.1 Å². The molecule has 106 valence electrons. The van der Waals surface area contributed by atoms with Crippen molar-refractivity contribution < 1.29 is 13.2 Å². The van der Waals surface area contributed by atoms with Crippen molar-refractivity contribution in [1.82, 2.24) is 4.98 Å². The summed E-state index contributed by atoms with van der Waals surface area (Å²) in [5, 5.41) is 0.182. The van der Waals surface area contributed by atoms with Gasteiger partial charge < -0.3 is 4.42 Å². The maximum absolute atomic E-state index is 13.7. The molecular weight excluding hydrogens is 323 g/mol. The van der Waals surface area contributed by atoms with Crippen LogP contribution in [0.25, 0.3) is 22.4 Å². The van der Waals surface area contributed by atoms with Crippen LogP contribution in [0.3, 0.4) is 0 Å². The predicted octanol–water partition coefficient (Wildman–Crippen LogP) is 4.44. The molecule has 0 saturated heterocycles. The molecular formula is C14H5Cl2F2NO2. The summed E-state index contributed by atoms with van der Waals surface area (Å²) in [6.07, 6.45) is 0. The number of nitrogens with zero attached hydrogens (tertiary/aromatic N) is 1. The first-order valence-electron chi connectivity index (χ1n) is 5.72. The highest BCUT2D eigenvalue weighted by Crippen LogP contribution is 2.30. The molecule has 1 heterocycles. The van der Waals surface area contributed by atoms with Crippen LogP contribution in [0.2, 0.25) is 10.0 Å². The fraction of sp³-hybridized carbons (Fsp3) is 0. The number of halogens is 4. The second-order valence-corrected chi connectivity index (χ2v) is 4.97. The molecule has 0 radical (unpaired) electrons. The summed E-state index contributed by atoms with van der Waals surface area (Å²) in [6.45, 7) is 0. The highest BCUT2D eigenvalue weighted by atomic mass is 35.5. The summed E-state index contributed by atoms with van der Waals surface area (Å²) in [4.78, 5) is 15.9. The Hall–Kier alpha value is -1.98. The van der Waals surface area contributed by atoms with E-state index in [1.54, 1.807) is 0 Å². The lowest BCUT2D eigenvalue weighted by Crippen LogP contribution is -2.05. The third-order valence-electron chi connectivity index (χ3n) is 2.86. The molecule has 0 N–H and O–H groups in total. The predicted molar refractivity (Wildman–Crippen MR) is 75.7 cm³/mol. The minimum absolute atomic E-state index is 0.0260. The van der Waals surface area contributed by atoms with Gasteiger partial charge in [-0.1, -0.05) is 29.3 Å². The average Bonchev–Trinajstić information content (AvgIpc) is 2.42. The Bertz CT molecular complexity index is 904. The van der Waals surface area contributed by atoms with E-state index in [1.165, 1.54) is 18.2 Å². The van der Waals surface area contributed by atoms with Crippen LogP contribution >= 0.6 is 23.2 Å². The first-order chi connectivity index (χ1) is 9.99. The van der Waals surface area contributed by atoms with E-state index in [0.717, 1.165) is 12.1 Å². The molecule has 0 bridgehead atoms. The summed E-state index contributed by atoms with van der Waals surface area (Å²) in [5.74, 6) is -2.29. The molecule has 7 heteroatoms. The fourth-order valence-corrected chi connectivity index (χ4v) is 2.35. The highest BCUT2D eigenvalue weighted by molar-refractivity contribution is 6.39. The molecule has 0 amide bonds. The maximum atomic E-state index is 13.7. The second kappa shape index (κ2) is 5.09. The SMILES string of the molecule is O=c1oc(-c2c(F)cccc2F)nc2c(Cl)ccc(Cl)c12. The van der Waals surface area contributed by atoms with Gasteiger partial charge in [0.2, 0.25) is 5.89 Å². The normalized spacial score (nSPS) is 11.0. The van der Waals surface area contributed by atoms with Crippen LogP contribution in [0.4, 0.5) is 8.78 Å². The van der Waals surface area contributed by atoms with Gasteiger partial charge in [0.15, 0.2) is 0 Å². The van der Waals surface area contributed by atoms with Gasteiger partial charge in [-0.05, 0) is 24.3 Å². The fourth-order valence-electron chi connectivity index (χ4n) is 1.92. The van der Waals surface area contributed by atoms with Crippen molar-refractivity contribution in [3.05, 3.63) is 62.4 Å². The van der Waals surface area contributed by atoms with Crippen molar-refractivity contribution in [2.24, 2.45) is 0 Å². The van der Waals surface area contributed by atoms with Gasteiger partial charge in [-0.2, -0.15) is 0 Å². The Morgan fingerprint density at radius 3 is 2.29 bits per heavy atom. The minimum atomic E-state index is -0.900. The minimum Gasteiger partial charge on any atom is -0.403 e. The average molecular weight is 328 g/mol. The van der Waals surface area contributed by atoms with E-state index in [1.807, 2.05) is 0 Å². The lowest BCUT2D eigenvalue weighted by molar-refractivity contribution is 0.501. The monoisotopic (exact) mass is 327 g/mol. The maximum Gasteiger partial charge on any atom is 0.348 e. The molecule has 0 atom stereocenters. The van der Waals surface area contributed by atoms with Crippen LogP contribution in [-0.4, -0.2) is 4.98 Å². The molecule has 3 aromatic rings. The van der Waals surface area contributed by atoms with Gasteiger partial charge >= 0.3 is 5.63 Å². The lowest BCUT2D eigenvalue weighted by atomic mass is 10.2. The molecule has 3 nitrogen and oxygen atoms in total. The van der Waals surface area contributed by atoms with Crippen molar-refractivity contribution in [3.8, 4) is 11.5 Å². The summed E-state index contributed by atoms with van der Waals surface area (Å²) in [7, 11) is 0. The Morgan fingerprint density at radius 2 is 1.62 bits per heavy atom. The molecule has 2 aromatic carbocycles. The zero-order valence-corrected chi connectivity index (χ0v) is 11.7. The number of benzene rings is 2. The molecule has 0 spiro atoms. The first kappa shape index (κ1) is 14.0. The van der Waals surface area contributed by atoms with Crippen molar-refractivity contribution in [1.29, 1.82) is 0 Å². The van der Waals surface area contributed by atoms with E-state index in [-0.39, 0.29) is 20.9 Å².